The molecule has 8 aromatic carbocycles. The number of para-hydroxylation sites is 3. The van der Waals surface area contributed by atoms with Gasteiger partial charge in [0.25, 0.3) is 0 Å². The average molecular weight is 697 g/mol. The zero-order valence-corrected chi connectivity index (χ0v) is 29.5. The summed E-state index contributed by atoms with van der Waals surface area (Å²) in [7, 11) is 0. The lowest BCUT2D eigenvalue weighted by Crippen LogP contribution is -1.95. The summed E-state index contributed by atoms with van der Waals surface area (Å²) >= 11 is 3.81. The number of thiophene rings is 2. The van der Waals surface area contributed by atoms with Crippen molar-refractivity contribution in [3.8, 4) is 22.5 Å². The van der Waals surface area contributed by atoms with Crippen LogP contribution in [0.5, 0.6) is 0 Å². The Bertz CT molecular complexity index is 3370. The van der Waals surface area contributed by atoms with Crippen LogP contribution < -0.4 is 0 Å². The molecule has 52 heavy (non-hydrogen) atoms. The van der Waals surface area contributed by atoms with Crippen molar-refractivity contribution in [3.05, 3.63) is 170 Å². The number of hydrogen-bond donors (Lipinski definition) is 0. The molecule has 242 valence electrons. The van der Waals surface area contributed by atoms with Gasteiger partial charge in [0.1, 0.15) is 0 Å². The van der Waals surface area contributed by atoms with Gasteiger partial charge in [0, 0.05) is 84.4 Å². The van der Waals surface area contributed by atoms with Crippen molar-refractivity contribution in [1.82, 2.24) is 9.13 Å². The molecule has 0 spiro atoms. The Labute approximate surface area is 306 Å². The van der Waals surface area contributed by atoms with Crippen molar-refractivity contribution in [1.29, 1.82) is 0 Å². The van der Waals surface area contributed by atoms with Gasteiger partial charge in [-0.25, -0.2) is 0 Å². The maximum atomic E-state index is 2.45. The van der Waals surface area contributed by atoms with Crippen LogP contribution in [0.3, 0.4) is 0 Å². The van der Waals surface area contributed by atoms with Gasteiger partial charge < -0.3 is 9.13 Å². The van der Waals surface area contributed by atoms with Crippen LogP contribution in [0.2, 0.25) is 0 Å². The zero-order valence-electron chi connectivity index (χ0n) is 27.9. The van der Waals surface area contributed by atoms with Crippen molar-refractivity contribution < 1.29 is 0 Å². The molecule has 2 nitrogen and oxygen atoms in total. The highest BCUT2D eigenvalue weighted by Crippen LogP contribution is 2.46. The lowest BCUT2D eigenvalue weighted by molar-refractivity contribution is 1.17. The van der Waals surface area contributed by atoms with Crippen LogP contribution in [-0.4, -0.2) is 9.13 Å². The molecule has 4 heterocycles. The van der Waals surface area contributed by atoms with Gasteiger partial charge in [-0.1, -0.05) is 109 Å². The summed E-state index contributed by atoms with van der Waals surface area (Å²) < 4.78 is 10.2. The number of nitrogens with zero attached hydrogens (tertiary/aromatic N) is 2. The van der Waals surface area contributed by atoms with Crippen molar-refractivity contribution in [3.63, 3.8) is 0 Å². The molecule has 0 fully saturated rings. The standard InChI is InChI=1S/C48H28N2S2/c1-5-19-41-31(11-1)32-12-2-6-20-42(32)49(41)29-23-25-44-39(27-29)33-13-3-7-21-43(33)50(44)30-24-26-46-40(28-30)38-18-10-17-37(48(38)52-46)36-16-9-15-35-34-14-4-8-22-45(34)51-47(35)36/h1-28H. The zero-order chi connectivity index (χ0) is 33.9. The van der Waals surface area contributed by atoms with Crippen LogP contribution in [-0.2, 0) is 0 Å². The third kappa shape index (κ3) is 3.88. The van der Waals surface area contributed by atoms with E-state index in [1.165, 1.54) is 106 Å². The largest absolute Gasteiger partial charge is 0.309 e. The molecule has 0 N–H and O–H groups in total. The van der Waals surface area contributed by atoms with Gasteiger partial charge in [-0.15, -0.1) is 22.7 Å². The highest BCUT2D eigenvalue weighted by atomic mass is 32.1. The molecule has 12 rings (SSSR count). The Morgan fingerprint density at radius 2 is 0.712 bits per heavy atom. The second kappa shape index (κ2) is 10.7. The monoisotopic (exact) mass is 696 g/mol. The van der Waals surface area contributed by atoms with Crippen LogP contribution in [0.15, 0.2) is 170 Å². The molecule has 12 aromatic rings. The second-order valence-electron chi connectivity index (χ2n) is 13.7. The average Bonchev–Trinajstić information content (AvgIpc) is 3.95. The Morgan fingerprint density at radius 1 is 0.288 bits per heavy atom. The van der Waals surface area contributed by atoms with Crippen molar-refractivity contribution in [2.45, 2.75) is 0 Å². The molecule has 0 saturated heterocycles. The van der Waals surface area contributed by atoms with E-state index in [-0.39, 0.29) is 0 Å². The summed E-state index contributed by atoms with van der Waals surface area (Å²) in [6.07, 6.45) is 0. The van der Waals surface area contributed by atoms with Crippen molar-refractivity contribution >= 4 is 107 Å². The summed E-state index contributed by atoms with van der Waals surface area (Å²) in [5.41, 5.74) is 9.86. The van der Waals surface area contributed by atoms with E-state index < -0.39 is 0 Å². The van der Waals surface area contributed by atoms with Crippen molar-refractivity contribution in [2.24, 2.45) is 0 Å². The van der Waals surface area contributed by atoms with Crippen LogP contribution in [0.1, 0.15) is 0 Å². The molecular formula is C48H28N2S2. The highest BCUT2D eigenvalue weighted by Gasteiger charge is 2.19. The van der Waals surface area contributed by atoms with E-state index in [9.17, 15) is 0 Å². The molecule has 0 bridgehead atoms. The van der Waals surface area contributed by atoms with E-state index in [2.05, 4.69) is 179 Å². The fraction of sp³-hybridized carbons (Fsp3) is 0. The number of fused-ring (bicyclic) bond motifs is 12. The molecule has 0 amide bonds. The Hall–Kier alpha value is -6.20. The van der Waals surface area contributed by atoms with E-state index in [1.807, 2.05) is 22.7 Å². The molecule has 0 atom stereocenters. The van der Waals surface area contributed by atoms with E-state index in [1.54, 1.807) is 0 Å². The van der Waals surface area contributed by atoms with Crippen LogP contribution in [0.4, 0.5) is 0 Å². The first-order chi connectivity index (χ1) is 25.8. The smallest absolute Gasteiger partial charge is 0.0542 e. The highest BCUT2D eigenvalue weighted by molar-refractivity contribution is 7.27. The summed E-state index contributed by atoms with van der Waals surface area (Å²) in [4.78, 5) is 0. The van der Waals surface area contributed by atoms with Gasteiger partial charge in [-0.3, -0.25) is 0 Å². The van der Waals surface area contributed by atoms with E-state index in [4.69, 9.17) is 0 Å². The lowest BCUT2D eigenvalue weighted by atomic mass is 10.0. The Balaban J connectivity index is 1.06. The fourth-order valence-corrected chi connectivity index (χ4v) is 11.1. The van der Waals surface area contributed by atoms with E-state index in [0.29, 0.717) is 0 Å². The third-order valence-corrected chi connectivity index (χ3v) is 13.4. The van der Waals surface area contributed by atoms with Gasteiger partial charge >= 0.3 is 0 Å². The number of aromatic nitrogens is 2. The first kappa shape index (κ1) is 28.5. The van der Waals surface area contributed by atoms with Crippen LogP contribution in [0.25, 0.3) is 106 Å². The molecule has 0 saturated carbocycles. The molecule has 0 radical (unpaired) electrons. The SMILES string of the molecule is c1ccc2c(c1)sc1c(-c3cccc4c3sc3ccc(-n5c6ccccc6c6cc(-n7c8ccccc8c8ccccc87)ccc65)cc34)cccc12. The number of rotatable bonds is 3. The topological polar surface area (TPSA) is 9.86 Å². The predicted octanol–water partition coefficient (Wildman–Crippen LogP) is 14.3. The molecule has 0 aliphatic heterocycles. The minimum atomic E-state index is 1.17. The maximum absolute atomic E-state index is 2.45. The summed E-state index contributed by atoms with van der Waals surface area (Å²) in [5.74, 6) is 0. The molecule has 0 unspecified atom stereocenters. The summed E-state index contributed by atoms with van der Waals surface area (Å²) in [6.45, 7) is 0. The van der Waals surface area contributed by atoms with Crippen LogP contribution in [0, 0.1) is 0 Å². The van der Waals surface area contributed by atoms with Gasteiger partial charge in [-0.2, -0.15) is 0 Å². The van der Waals surface area contributed by atoms with E-state index in [0.717, 1.165) is 0 Å². The summed E-state index contributed by atoms with van der Waals surface area (Å²) in [6, 6.07) is 62.8. The molecule has 0 aliphatic rings. The molecule has 4 aromatic heterocycles. The lowest BCUT2D eigenvalue weighted by Gasteiger charge is -2.10. The van der Waals surface area contributed by atoms with Gasteiger partial charge in [-0.05, 0) is 60.7 Å². The summed E-state index contributed by atoms with van der Waals surface area (Å²) in [5, 5.41) is 10.4. The molecule has 4 heteroatoms. The minimum Gasteiger partial charge on any atom is -0.309 e. The normalized spacial score (nSPS) is 12.2. The van der Waals surface area contributed by atoms with Crippen LogP contribution >= 0.6 is 22.7 Å². The quantitative estimate of drug-likeness (QED) is 0.174. The number of hydrogen-bond acceptors (Lipinski definition) is 2. The molecular weight excluding hydrogens is 669 g/mol. The third-order valence-electron chi connectivity index (χ3n) is 10.9. The van der Waals surface area contributed by atoms with Gasteiger partial charge in [0.15, 0.2) is 0 Å². The first-order valence-corrected chi connectivity index (χ1v) is 19.3. The Morgan fingerprint density at radius 3 is 1.33 bits per heavy atom. The maximum Gasteiger partial charge on any atom is 0.0542 e. The van der Waals surface area contributed by atoms with Gasteiger partial charge in [0.2, 0.25) is 0 Å². The first-order valence-electron chi connectivity index (χ1n) is 17.7. The number of benzene rings is 8. The Kier molecular flexibility index (Phi) is 5.84. The molecule has 0 aliphatic carbocycles. The fourth-order valence-electron chi connectivity index (χ4n) is 8.68. The van der Waals surface area contributed by atoms with Crippen molar-refractivity contribution in [2.75, 3.05) is 0 Å². The second-order valence-corrected chi connectivity index (χ2v) is 15.8. The van der Waals surface area contributed by atoms with Gasteiger partial charge in [0.05, 0.1) is 22.1 Å². The predicted molar refractivity (Wildman–Crippen MR) is 226 cm³/mol. The van der Waals surface area contributed by atoms with E-state index >= 15 is 0 Å². The minimum absolute atomic E-state index is 1.17.